The van der Waals surface area contributed by atoms with Crippen molar-refractivity contribution in [3.63, 3.8) is 0 Å². The molecule has 2 aromatic carbocycles. The Bertz CT molecular complexity index is 1120. The second-order valence-corrected chi connectivity index (χ2v) is 8.58. The molecule has 1 aliphatic rings. The highest BCUT2D eigenvalue weighted by Crippen LogP contribution is 2.30. The summed E-state index contributed by atoms with van der Waals surface area (Å²) in [5, 5.41) is 12.9. The lowest BCUT2D eigenvalue weighted by Gasteiger charge is -2.36. The van der Waals surface area contributed by atoms with Crippen molar-refractivity contribution in [1.82, 2.24) is 4.98 Å². The van der Waals surface area contributed by atoms with Gasteiger partial charge in [-0.25, -0.2) is 4.98 Å². The number of benzene rings is 2. The Morgan fingerprint density at radius 1 is 1.16 bits per heavy atom. The molecule has 166 valence electrons. The van der Waals surface area contributed by atoms with Crippen LogP contribution >= 0.6 is 11.6 Å². The van der Waals surface area contributed by atoms with Gasteiger partial charge in [-0.3, -0.25) is 4.79 Å². The number of anilines is 2. The van der Waals surface area contributed by atoms with Crippen LogP contribution in [-0.2, 0) is 4.74 Å². The lowest BCUT2D eigenvalue weighted by Crippen LogP contribution is -2.46. The number of morpholine rings is 1. The Morgan fingerprint density at radius 3 is 2.50 bits per heavy atom. The number of phenolic OH excluding ortho intramolecular Hbond substituents is 1. The summed E-state index contributed by atoms with van der Waals surface area (Å²) >= 11 is 6.52. The highest BCUT2D eigenvalue weighted by Gasteiger charge is 2.25. The molecular weight excluding hydrogens is 426 g/mol. The van der Waals surface area contributed by atoms with Gasteiger partial charge in [0.15, 0.2) is 0 Å². The first-order valence-corrected chi connectivity index (χ1v) is 11.0. The lowest BCUT2D eigenvalue weighted by atomic mass is 9.96. The molecule has 3 aromatic rings. The number of pyridine rings is 1. The predicted octanol–water partition coefficient (Wildman–Crippen LogP) is 5.28. The molecule has 1 amide bonds. The average molecular weight is 452 g/mol. The van der Waals surface area contributed by atoms with Crippen LogP contribution < -0.4 is 10.2 Å². The zero-order chi connectivity index (χ0) is 22.8. The standard InChI is InChI=1S/C25H26ClN3O3/c1-15-13-29(14-16(2)32-15)24-23(26)11-19(12-27-24)28-25(31)22-6-4-5-21(17(22)3)18-7-9-20(30)10-8-18/h4-12,15-16,30H,13-14H2,1-3H3,(H,28,31)/t15-,16+. The summed E-state index contributed by atoms with van der Waals surface area (Å²) in [4.78, 5) is 19.6. The molecule has 0 spiro atoms. The van der Waals surface area contributed by atoms with Gasteiger partial charge in [0.1, 0.15) is 11.6 Å². The van der Waals surface area contributed by atoms with Gasteiger partial charge < -0.3 is 20.1 Å². The van der Waals surface area contributed by atoms with E-state index in [2.05, 4.69) is 15.2 Å². The molecule has 1 aliphatic heterocycles. The number of aromatic nitrogens is 1. The fourth-order valence-electron chi connectivity index (χ4n) is 4.12. The quantitative estimate of drug-likeness (QED) is 0.564. The molecule has 1 fully saturated rings. The fraction of sp³-hybridized carbons (Fsp3) is 0.280. The van der Waals surface area contributed by atoms with E-state index in [4.69, 9.17) is 16.3 Å². The molecule has 0 bridgehead atoms. The molecule has 2 N–H and O–H groups in total. The summed E-state index contributed by atoms with van der Waals surface area (Å²) in [6, 6.07) is 14.2. The van der Waals surface area contributed by atoms with Gasteiger partial charge in [0.2, 0.25) is 0 Å². The maximum Gasteiger partial charge on any atom is 0.255 e. The van der Waals surface area contributed by atoms with Crippen molar-refractivity contribution in [2.75, 3.05) is 23.3 Å². The van der Waals surface area contributed by atoms with E-state index in [1.807, 2.05) is 45.0 Å². The summed E-state index contributed by atoms with van der Waals surface area (Å²) < 4.78 is 5.78. The molecule has 7 heteroatoms. The van der Waals surface area contributed by atoms with Gasteiger partial charge in [0.25, 0.3) is 5.91 Å². The van der Waals surface area contributed by atoms with Crippen molar-refractivity contribution in [2.24, 2.45) is 0 Å². The number of carbonyl (C=O) groups excluding carboxylic acids is 1. The zero-order valence-electron chi connectivity index (χ0n) is 18.3. The summed E-state index contributed by atoms with van der Waals surface area (Å²) in [6.07, 6.45) is 1.82. The molecular formula is C25H26ClN3O3. The number of rotatable bonds is 4. The molecule has 0 radical (unpaired) electrons. The monoisotopic (exact) mass is 451 g/mol. The number of hydrogen-bond donors (Lipinski definition) is 2. The van der Waals surface area contributed by atoms with Crippen LogP contribution in [0.15, 0.2) is 54.7 Å². The predicted molar refractivity (Wildman–Crippen MR) is 128 cm³/mol. The van der Waals surface area contributed by atoms with E-state index in [1.54, 1.807) is 30.5 Å². The number of ether oxygens (including phenoxy) is 1. The van der Waals surface area contributed by atoms with E-state index in [0.717, 1.165) is 16.7 Å². The number of phenols is 1. The summed E-state index contributed by atoms with van der Waals surface area (Å²) in [6.45, 7) is 7.39. The van der Waals surface area contributed by atoms with E-state index in [-0.39, 0.29) is 23.9 Å². The van der Waals surface area contributed by atoms with E-state index < -0.39 is 0 Å². The number of amides is 1. The molecule has 4 rings (SSSR count). The van der Waals surface area contributed by atoms with Crippen LogP contribution in [0.3, 0.4) is 0 Å². The fourth-order valence-corrected chi connectivity index (χ4v) is 4.40. The van der Waals surface area contributed by atoms with Gasteiger partial charge in [-0.05, 0) is 61.7 Å². The van der Waals surface area contributed by atoms with Crippen molar-refractivity contribution >= 4 is 29.0 Å². The first-order chi connectivity index (χ1) is 15.3. The Morgan fingerprint density at radius 2 is 1.84 bits per heavy atom. The van der Waals surface area contributed by atoms with Crippen molar-refractivity contribution in [3.05, 3.63) is 70.9 Å². The first-order valence-electron chi connectivity index (χ1n) is 10.6. The van der Waals surface area contributed by atoms with E-state index in [9.17, 15) is 9.90 Å². The summed E-state index contributed by atoms with van der Waals surface area (Å²) in [5.41, 5.74) is 3.81. The van der Waals surface area contributed by atoms with E-state index in [0.29, 0.717) is 35.2 Å². The zero-order valence-corrected chi connectivity index (χ0v) is 19.1. The molecule has 0 unspecified atom stereocenters. The van der Waals surface area contributed by atoms with Crippen LogP contribution in [-0.4, -0.2) is 41.3 Å². The molecule has 2 heterocycles. The molecule has 1 aromatic heterocycles. The minimum atomic E-state index is -0.234. The largest absolute Gasteiger partial charge is 0.508 e. The van der Waals surface area contributed by atoms with Crippen LogP contribution in [0.5, 0.6) is 5.75 Å². The Balaban J connectivity index is 1.54. The van der Waals surface area contributed by atoms with Gasteiger partial charge in [-0.1, -0.05) is 35.9 Å². The normalized spacial score (nSPS) is 18.4. The minimum absolute atomic E-state index is 0.0971. The lowest BCUT2D eigenvalue weighted by molar-refractivity contribution is -0.00545. The smallest absolute Gasteiger partial charge is 0.255 e. The molecule has 2 atom stereocenters. The third-order valence-corrected chi connectivity index (χ3v) is 5.83. The van der Waals surface area contributed by atoms with Crippen LogP contribution in [0.1, 0.15) is 29.8 Å². The molecule has 0 saturated carbocycles. The second kappa shape index (κ2) is 9.18. The summed E-state index contributed by atoms with van der Waals surface area (Å²) in [7, 11) is 0. The van der Waals surface area contributed by atoms with Gasteiger partial charge in [0, 0.05) is 18.7 Å². The van der Waals surface area contributed by atoms with Gasteiger partial charge in [-0.2, -0.15) is 0 Å². The topological polar surface area (TPSA) is 74.7 Å². The van der Waals surface area contributed by atoms with E-state index >= 15 is 0 Å². The summed E-state index contributed by atoms with van der Waals surface area (Å²) in [5.74, 6) is 0.661. The van der Waals surface area contributed by atoms with Gasteiger partial charge >= 0.3 is 0 Å². The minimum Gasteiger partial charge on any atom is -0.508 e. The van der Waals surface area contributed by atoms with Crippen molar-refractivity contribution < 1.29 is 14.6 Å². The van der Waals surface area contributed by atoms with Gasteiger partial charge in [-0.15, -0.1) is 0 Å². The van der Waals surface area contributed by atoms with Crippen LogP contribution in [0.2, 0.25) is 5.02 Å². The number of halogens is 1. The third-order valence-electron chi connectivity index (χ3n) is 5.56. The maximum atomic E-state index is 13.0. The Hall–Kier alpha value is -3.09. The molecule has 32 heavy (non-hydrogen) atoms. The van der Waals surface area contributed by atoms with Crippen molar-refractivity contribution in [3.8, 4) is 16.9 Å². The third kappa shape index (κ3) is 4.71. The highest BCUT2D eigenvalue weighted by molar-refractivity contribution is 6.33. The van der Waals surface area contributed by atoms with Crippen LogP contribution in [0, 0.1) is 6.92 Å². The molecule has 6 nitrogen and oxygen atoms in total. The van der Waals surface area contributed by atoms with Gasteiger partial charge in [0.05, 0.1) is 29.1 Å². The van der Waals surface area contributed by atoms with Crippen LogP contribution in [0.25, 0.3) is 11.1 Å². The average Bonchev–Trinajstić information content (AvgIpc) is 2.74. The highest BCUT2D eigenvalue weighted by atomic mass is 35.5. The SMILES string of the molecule is Cc1c(C(=O)Nc2cnc(N3C[C@@H](C)O[C@@H](C)C3)c(Cl)c2)cccc1-c1ccc(O)cc1. The molecule has 0 aliphatic carbocycles. The van der Waals surface area contributed by atoms with Crippen molar-refractivity contribution in [2.45, 2.75) is 33.0 Å². The van der Waals surface area contributed by atoms with E-state index in [1.165, 1.54) is 0 Å². The molecule has 1 saturated heterocycles. The number of nitrogens with one attached hydrogen (secondary N) is 1. The number of hydrogen-bond acceptors (Lipinski definition) is 5. The van der Waals surface area contributed by atoms with Crippen LogP contribution in [0.4, 0.5) is 11.5 Å². The Kier molecular flexibility index (Phi) is 6.35. The number of carbonyl (C=O) groups is 1. The Labute approximate surface area is 192 Å². The number of aromatic hydroxyl groups is 1. The second-order valence-electron chi connectivity index (χ2n) is 8.17. The van der Waals surface area contributed by atoms with Crippen molar-refractivity contribution in [1.29, 1.82) is 0 Å². The first kappa shape index (κ1) is 22.1. The maximum absolute atomic E-state index is 13.0. The number of nitrogens with zero attached hydrogens (tertiary/aromatic N) is 2.